The zero-order chi connectivity index (χ0) is 15.7. The minimum atomic E-state index is -0.301. The second-order valence-electron chi connectivity index (χ2n) is 4.71. The molecule has 3 aromatic rings. The van der Waals surface area contributed by atoms with Gasteiger partial charge in [0.1, 0.15) is 0 Å². The van der Waals surface area contributed by atoms with Crippen molar-refractivity contribution in [3.63, 3.8) is 0 Å². The summed E-state index contributed by atoms with van der Waals surface area (Å²) in [6, 6.07) is 12.2. The van der Waals surface area contributed by atoms with Crippen molar-refractivity contribution in [3.8, 4) is 6.07 Å². The van der Waals surface area contributed by atoms with Gasteiger partial charge in [0.15, 0.2) is 5.13 Å². The summed E-state index contributed by atoms with van der Waals surface area (Å²) in [7, 11) is 0. The lowest BCUT2D eigenvalue weighted by molar-refractivity contribution is 0.102. The molecule has 0 aliphatic heterocycles. The summed E-state index contributed by atoms with van der Waals surface area (Å²) in [4.78, 5) is 16.7. The molecule has 0 aliphatic rings. The van der Waals surface area contributed by atoms with Crippen LogP contribution in [0, 0.1) is 18.3 Å². The van der Waals surface area contributed by atoms with Crippen molar-refractivity contribution in [2.24, 2.45) is 0 Å². The Morgan fingerprint density at radius 2 is 2.18 bits per heavy atom. The van der Waals surface area contributed by atoms with Gasteiger partial charge in [-0.25, -0.2) is 4.98 Å². The first-order valence-electron chi connectivity index (χ1n) is 6.45. The van der Waals surface area contributed by atoms with E-state index in [2.05, 4.69) is 10.3 Å². The van der Waals surface area contributed by atoms with E-state index in [1.54, 1.807) is 24.3 Å². The fourth-order valence-electron chi connectivity index (χ4n) is 2.05. The molecule has 0 bridgehead atoms. The monoisotopic (exact) mass is 327 g/mol. The molecule has 2 aromatic carbocycles. The molecule has 0 saturated carbocycles. The van der Waals surface area contributed by atoms with Crippen molar-refractivity contribution in [1.82, 2.24) is 4.98 Å². The molecule has 0 atom stereocenters. The summed E-state index contributed by atoms with van der Waals surface area (Å²) < 4.78 is 0.850. The average molecular weight is 328 g/mol. The number of halogens is 1. The number of nitriles is 1. The smallest absolute Gasteiger partial charge is 0.257 e. The minimum Gasteiger partial charge on any atom is -0.298 e. The normalized spacial score (nSPS) is 10.4. The summed E-state index contributed by atoms with van der Waals surface area (Å²) >= 11 is 7.49. The van der Waals surface area contributed by atoms with Gasteiger partial charge in [-0.1, -0.05) is 35.1 Å². The number of carbonyl (C=O) groups is 1. The first-order valence-corrected chi connectivity index (χ1v) is 7.65. The molecule has 0 aliphatic carbocycles. The van der Waals surface area contributed by atoms with Crippen LogP contribution in [-0.4, -0.2) is 10.9 Å². The van der Waals surface area contributed by atoms with Crippen molar-refractivity contribution in [2.45, 2.75) is 6.92 Å². The molecule has 0 saturated heterocycles. The quantitative estimate of drug-likeness (QED) is 0.759. The number of aromatic nitrogens is 1. The summed E-state index contributed by atoms with van der Waals surface area (Å²) in [5.41, 5.74) is 2.65. The van der Waals surface area contributed by atoms with Crippen molar-refractivity contribution in [2.75, 3.05) is 5.32 Å². The van der Waals surface area contributed by atoms with Gasteiger partial charge in [0, 0.05) is 5.56 Å². The highest BCUT2D eigenvalue weighted by Crippen LogP contribution is 2.33. The summed E-state index contributed by atoms with van der Waals surface area (Å²) in [5.74, 6) is -0.301. The van der Waals surface area contributed by atoms with E-state index in [1.807, 2.05) is 25.1 Å². The van der Waals surface area contributed by atoms with E-state index in [0.29, 0.717) is 21.3 Å². The van der Waals surface area contributed by atoms with Gasteiger partial charge in [0.25, 0.3) is 5.91 Å². The van der Waals surface area contributed by atoms with Gasteiger partial charge < -0.3 is 0 Å². The first kappa shape index (κ1) is 14.5. The molecule has 6 heteroatoms. The molecule has 0 unspecified atom stereocenters. The number of rotatable bonds is 2. The van der Waals surface area contributed by atoms with Crippen LogP contribution in [0.1, 0.15) is 21.5 Å². The maximum absolute atomic E-state index is 12.2. The third-order valence-corrected chi connectivity index (χ3v) is 4.60. The largest absolute Gasteiger partial charge is 0.298 e. The second kappa shape index (κ2) is 5.76. The number of aryl methyl sites for hydroxylation is 1. The lowest BCUT2D eigenvalue weighted by atomic mass is 10.1. The van der Waals surface area contributed by atoms with Crippen LogP contribution < -0.4 is 5.32 Å². The number of hydrogen-bond acceptors (Lipinski definition) is 4. The highest BCUT2D eigenvalue weighted by atomic mass is 35.5. The maximum atomic E-state index is 12.2. The van der Waals surface area contributed by atoms with Gasteiger partial charge in [-0.2, -0.15) is 5.26 Å². The molecule has 108 valence electrons. The van der Waals surface area contributed by atoms with Crippen LogP contribution in [0.2, 0.25) is 5.02 Å². The van der Waals surface area contributed by atoms with E-state index in [1.165, 1.54) is 11.3 Å². The Bertz CT molecular complexity index is 888. The number of nitrogens with zero attached hydrogens (tertiary/aromatic N) is 2. The molecule has 1 heterocycles. The van der Waals surface area contributed by atoms with Crippen LogP contribution in [0.25, 0.3) is 10.2 Å². The topological polar surface area (TPSA) is 65.8 Å². The minimum absolute atomic E-state index is 0.301. The van der Waals surface area contributed by atoms with Crippen LogP contribution in [-0.2, 0) is 0 Å². The standard InChI is InChI=1S/C16H10ClN3OS/c1-9-5-6-12(17)14-13(9)19-16(22-14)20-15(21)11-4-2-3-10(7-11)8-18/h2-7H,1H3,(H,19,20,21). The molecule has 1 amide bonds. The van der Waals surface area contributed by atoms with Crippen molar-refractivity contribution in [1.29, 1.82) is 5.26 Å². The van der Waals surface area contributed by atoms with E-state index >= 15 is 0 Å². The van der Waals surface area contributed by atoms with Crippen LogP contribution in [0.4, 0.5) is 5.13 Å². The molecule has 4 nitrogen and oxygen atoms in total. The van der Waals surface area contributed by atoms with Crippen LogP contribution in [0.5, 0.6) is 0 Å². The number of amides is 1. The number of carbonyl (C=O) groups excluding carboxylic acids is 1. The third kappa shape index (κ3) is 2.67. The highest BCUT2D eigenvalue weighted by molar-refractivity contribution is 7.23. The Kier molecular flexibility index (Phi) is 3.80. The molecule has 1 N–H and O–H groups in total. The first-order chi connectivity index (χ1) is 10.6. The number of fused-ring (bicyclic) bond motifs is 1. The molecule has 0 fully saturated rings. The number of anilines is 1. The fraction of sp³-hybridized carbons (Fsp3) is 0.0625. The zero-order valence-electron chi connectivity index (χ0n) is 11.6. The highest BCUT2D eigenvalue weighted by Gasteiger charge is 2.13. The molecule has 0 radical (unpaired) electrons. The third-order valence-electron chi connectivity index (χ3n) is 3.17. The zero-order valence-corrected chi connectivity index (χ0v) is 13.1. The Labute approximate surface area is 136 Å². The molecular weight excluding hydrogens is 318 g/mol. The molecule has 0 spiro atoms. The number of benzene rings is 2. The maximum Gasteiger partial charge on any atom is 0.257 e. The fourth-order valence-corrected chi connectivity index (χ4v) is 3.27. The van der Waals surface area contributed by atoms with Crippen molar-refractivity contribution >= 4 is 44.2 Å². The van der Waals surface area contributed by atoms with E-state index in [0.717, 1.165) is 15.8 Å². The molecule has 3 rings (SSSR count). The average Bonchev–Trinajstić information content (AvgIpc) is 2.96. The number of nitrogens with one attached hydrogen (secondary N) is 1. The Balaban J connectivity index is 1.93. The van der Waals surface area contributed by atoms with Crippen LogP contribution in [0.15, 0.2) is 36.4 Å². The molecular formula is C16H10ClN3OS. The summed E-state index contributed by atoms with van der Waals surface area (Å²) in [6.07, 6.45) is 0. The molecule has 22 heavy (non-hydrogen) atoms. The van der Waals surface area contributed by atoms with E-state index in [-0.39, 0.29) is 5.91 Å². The second-order valence-corrected chi connectivity index (χ2v) is 6.11. The predicted molar refractivity (Wildman–Crippen MR) is 88.5 cm³/mol. The SMILES string of the molecule is Cc1ccc(Cl)c2sc(NC(=O)c3cccc(C#N)c3)nc12. The van der Waals surface area contributed by atoms with Crippen molar-refractivity contribution in [3.05, 3.63) is 58.1 Å². The predicted octanol–water partition coefficient (Wildman–Crippen LogP) is 4.38. The number of hydrogen-bond donors (Lipinski definition) is 1. The van der Waals surface area contributed by atoms with Gasteiger partial charge in [-0.3, -0.25) is 10.1 Å². The Morgan fingerprint density at radius 3 is 2.91 bits per heavy atom. The van der Waals surface area contributed by atoms with Crippen LogP contribution >= 0.6 is 22.9 Å². The van der Waals surface area contributed by atoms with Gasteiger partial charge in [-0.05, 0) is 36.8 Å². The van der Waals surface area contributed by atoms with E-state index < -0.39 is 0 Å². The van der Waals surface area contributed by atoms with Gasteiger partial charge in [0.2, 0.25) is 0 Å². The van der Waals surface area contributed by atoms with E-state index in [4.69, 9.17) is 16.9 Å². The van der Waals surface area contributed by atoms with Gasteiger partial charge in [-0.15, -0.1) is 0 Å². The Morgan fingerprint density at radius 1 is 1.36 bits per heavy atom. The lowest BCUT2D eigenvalue weighted by Gasteiger charge is -2.01. The van der Waals surface area contributed by atoms with E-state index in [9.17, 15) is 4.79 Å². The summed E-state index contributed by atoms with van der Waals surface area (Å²) in [6.45, 7) is 1.94. The van der Waals surface area contributed by atoms with Crippen LogP contribution in [0.3, 0.4) is 0 Å². The molecule has 1 aromatic heterocycles. The Hall–Kier alpha value is -2.42. The lowest BCUT2D eigenvalue weighted by Crippen LogP contribution is -2.11. The number of thiazole rings is 1. The van der Waals surface area contributed by atoms with Gasteiger partial charge in [0.05, 0.1) is 26.9 Å². The van der Waals surface area contributed by atoms with Crippen molar-refractivity contribution < 1.29 is 4.79 Å². The summed E-state index contributed by atoms with van der Waals surface area (Å²) in [5, 5.41) is 12.7. The van der Waals surface area contributed by atoms with Gasteiger partial charge >= 0.3 is 0 Å².